The Bertz CT molecular complexity index is 919. The van der Waals surface area contributed by atoms with Crippen LogP contribution in [0.4, 0.5) is 35.1 Å². The Hall–Kier alpha value is -2.21. The van der Waals surface area contributed by atoms with Crippen molar-refractivity contribution in [2.45, 2.75) is 23.8 Å². The van der Waals surface area contributed by atoms with Crippen LogP contribution >= 0.6 is 0 Å². The fraction of sp³-hybridized carbons (Fsp3) is 0.200. The Morgan fingerprint density at radius 2 is 1.33 bits per heavy atom. The van der Waals surface area contributed by atoms with Crippen LogP contribution in [0.5, 0.6) is 0 Å². The molecule has 2 aromatic carbocycles. The van der Waals surface area contributed by atoms with Crippen LogP contribution in [0.1, 0.15) is 16.7 Å². The molecule has 0 spiro atoms. The lowest BCUT2D eigenvalue weighted by atomic mass is 10.0. The van der Waals surface area contributed by atoms with Gasteiger partial charge in [0.15, 0.2) is 0 Å². The minimum absolute atomic E-state index is 0.113. The Morgan fingerprint density at radius 3 is 1.78 bits per heavy atom. The van der Waals surface area contributed by atoms with Crippen molar-refractivity contribution in [3.63, 3.8) is 0 Å². The van der Waals surface area contributed by atoms with Crippen molar-refractivity contribution in [2.75, 3.05) is 0 Å². The lowest BCUT2D eigenvalue weighted by Crippen LogP contribution is -2.25. The van der Waals surface area contributed by atoms with Crippen LogP contribution in [0, 0.1) is 11.6 Å². The number of sulfonamides is 1. The molecule has 0 heterocycles. The van der Waals surface area contributed by atoms with E-state index in [1.807, 2.05) is 0 Å². The van der Waals surface area contributed by atoms with Gasteiger partial charge < -0.3 is 0 Å². The minimum Gasteiger partial charge on any atom is -0.207 e. The third-order valence-electron chi connectivity index (χ3n) is 3.30. The summed E-state index contributed by atoms with van der Waals surface area (Å²) >= 11 is 0. The molecular formula is C15H9F8NO2S. The molecule has 0 bridgehead atoms. The normalized spacial score (nSPS) is 13.0. The van der Waals surface area contributed by atoms with E-state index in [2.05, 4.69) is 0 Å². The summed E-state index contributed by atoms with van der Waals surface area (Å²) in [5, 5.41) is 0. The van der Waals surface area contributed by atoms with Gasteiger partial charge in [-0.1, -0.05) is 0 Å². The van der Waals surface area contributed by atoms with Crippen LogP contribution in [0.25, 0.3) is 0 Å². The van der Waals surface area contributed by atoms with E-state index in [0.717, 1.165) is 0 Å². The number of hydrogen-bond donors (Lipinski definition) is 1. The highest BCUT2D eigenvalue weighted by molar-refractivity contribution is 7.89. The molecule has 0 unspecified atom stereocenters. The summed E-state index contributed by atoms with van der Waals surface area (Å²) in [7, 11) is -4.66. The first kappa shape index (κ1) is 21.1. The van der Waals surface area contributed by atoms with Gasteiger partial charge in [-0.15, -0.1) is 0 Å². The van der Waals surface area contributed by atoms with Crippen LogP contribution in [0.3, 0.4) is 0 Å². The van der Waals surface area contributed by atoms with Gasteiger partial charge in [0.1, 0.15) is 16.5 Å². The van der Waals surface area contributed by atoms with Crippen LogP contribution in [-0.2, 0) is 28.9 Å². The van der Waals surface area contributed by atoms with Crippen molar-refractivity contribution in [2.24, 2.45) is 0 Å². The van der Waals surface area contributed by atoms with Crippen LogP contribution in [0.15, 0.2) is 41.3 Å². The van der Waals surface area contributed by atoms with Gasteiger partial charge >= 0.3 is 12.4 Å². The molecule has 0 saturated carbocycles. The number of hydrogen-bond acceptors (Lipinski definition) is 2. The summed E-state index contributed by atoms with van der Waals surface area (Å²) in [6.07, 6.45) is -10.2. The first-order valence-corrected chi connectivity index (χ1v) is 8.41. The lowest BCUT2D eigenvalue weighted by molar-refractivity contribution is -0.143. The van der Waals surface area contributed by atoms with E-state index in [9.17, 15) is 43.5 Å². The highest BCUT2D eigenvalue weighted by Gasteiger charge is 2.37. The lowest BCUT2D eigenvalue weighted by Gasteiger charge is -2.15. The molecule has 0 aliphatic rings. The molecule has 0 radical (unpaired) electrons. The molecule has 0 atom stereocenters. The monoisotopic (exact) mass is 419 g/mol. The van der Waals surface area contributed by atoms with E-state index in [0.29, 0.717) is 24.3 Å². The molecule has 0 amide bonds. The van der Waals surface area contributed by atoms with Gasteiger partial charge in [0, 0.05) is 12.6 Å². The molecule has 12 heteroatoms. The number of alkyl halides is 6. The summed E-state index contributed by atoms with van der Waals surface area (Å²) < 4.78 is 129. The summed E-state index contributed by atoms with van der Waals surface area (Å²) in [5.74, 6) is -2.54. The fourth-order valence-electron chi connectivity index (χ4n) is 2.07. The third kappa shape index (κ3) is 5.16. The van der Waals surface area contributed by atoms with Gasteiger partial charge in [-0.2, -0.15) is 26.3 Å². The molecule has 148 valence electrons. The highest BCUT2D eigenvalue weighted by Crippen LogP contribution is 2.36. The van der Waals surface area contributed by atoms with E-state index in [1.165, 1.54) is 0 Å². The largest absolute Gasteiger partial charge is 0.416 e. The van der Waals surface area contributed by atoms with Gasteiger partial charge in [0.25, 0.3) is 0 Å². The number of halogens is 8. The Morgan fingerprint density at radius 1 is 0.815 bits per heavy atom. The number of benzene rings is 2. The summed E-state index contributed by atoms with van der Waals surface area (Å²) in [4.78, 5) is -1.01. The average Bonchev–Trinajstić information content (AvgIpc) is 2.50. The molecule has 0 aliphatic carbocycles. The van der Waals surface area contributed by atoms with E-state index in [4.69, 9.17) is 0 Å². The number of rotatable bonds is 4. The molecule has 0 aromatic heterocycles. The summed E-state index contributed by atoms with van der Waals surface area (Å²) in [6, 6.07) is 2.01. The van der Waals surface area contributed by atoms with E-state index < -0.39 is 62.1 Å². The van der Waals surface area contributed by atoms with Crippen molar-refractivity contribution in [1.29, 1.82) is 0 Å². The molecule has 27 heavy (non-hydrogen) atoms. The van der Waals surface area contributed by atoms with E-state index >= 15 is 0 Å². The maximum atomic E-state index is 13.6. The van der Waals surface area contributed by atoms with Crippen molar-refractivity contribution in [3.8, 4) is 0 Å². The minimum atomic E-state index is -5.10. The van der Waals surface area contributed by atoms with E-state index in [-0.39, 0.29) is 12.1 Å². The standard InChI is InChI=1S/C15H9F8NO2S/c16-11-1-2-13(12(17)6-11)27(25,26)24-7-8-3-9(14(18,19)20)5-10(4-8)15(21,22)23/h1-6,24H,7H2. The maximum Gasteiger partial charge on any atom is 0.416 e. The second kappa shape index (κ2) is 7.08. The van der Waals surface area contributed by atoms with Crippen molar-refractivity contribution in [3.05, 3.63) is 64.7 Å². The highest BCUT2D eigenvalue weighted by atomic mass is 32.2. The predicted octanol–water partition coefficient (Wildman–Crippen LogP) is 4.48. The zero-order valence-electron chi connectivity index (χ0n) is 12.9. The predicted molar refractivity (Wildman–Crippen MR) is 76.8 cm³/mol. The fourth-order valence-corrected chi connectivity index (χ4v) is 3.15. The quantitative estimate of drug-likeness (QED) is 0.743. The second-order valence-electron chi connectivity index (χ2n) is 5.31. The van der Waals surface area contributed by atoms with Gasteiger partial charge in [-0.3, -0.25) is 0 Å². The maximum absolute atomic E-state index is 13.6. The smallest absolute Gasteiger partial charge is 0.207 e. The van der Waals surface area contributed by atoms with Gasteiger partial charge in [-0.25, -0.2) is 21.9 Å². The van der Waals surface area contributed by atoms with Crippen molar-refractivity contribution >= 4 is 10.0 Å². The molecule has 1 N–H and O–H groups in total. The van der Waals surface area contributed by atoms with Gasteiger partial charge in [-0.05, 0) is 35.9 Å². The molecule has 2 rings (SSSR count). The van der Waals surface area contributed by atoms with Gasteiger partial charge in [0.2, 0.25) is 10.0 Å². The average molecular weight is 419 g/mol. The zero-order valence-corrected chi connectivity index (χ0v) is 13.7. The molecule has 2 aromatic rings. The van der Waals surface area contributed by atoms with Crippen LogP contribution < -0.4 is 4.72 Å². The summed E-state index contributed by atoms with van der Waals surface area (Å²) in [6.45, 7) is -0.980. The Kier molecular flexibility index (Phi) is 5.53. The Balaban J connectivity index is 2.36. The van der Waals surface area contributed by atoms with Gasteiger partial charge in [0.05, 0.1) is 11.1 Å². The van der Waals surface area contributed by atoms with Crippen LogP contribution in [-0.4, -0.2) is 8.42 Å². The molecule has 0 saturated heterocycles. The van der Waals surface area contributed by atoms with E-state index in [1.54, 1.807) is 4.72 Å². The number of nitrogens with one attached hydrogen (secondary N) is 1. The first-order chi connectivity index (χ1) is 12.2. The molecule has 0 fully saturated rings. The Labute approximate surface area is 147 Å². The first-order valence-electron chi connectivity index (χ1n) is 6.93. The zero-order chi connectivity index (χ0) is 20.6. The molecule has 0 aliphatic heterocycles. The second-order valence-corrected chi connectivity index (χ2v) is 7.05. The molecule has 3 nitrogen and oxygen atoms in total. The summed E-state index contributed by atoms with van der Waals surface area (Å²) in [5.41, 5.74) is -3.90. The topological polar surface area (TPSA) is 46.2 Å². The molecular weight excluding hydrogens is 410 g/mol. The SMILES string of the molecule is O=S(=O)(NCc1cc(C(F)(F)F)cc(C(F)(F)F)c1)c1ccc(F)cc1F. The van der Waals surface area contributed by atoms with Crippen molar-refractivity contribution < 1.29 is 43.5 Å². The van der Waals surface area contributed by atoms with Crippen molar-refractivity contribution in [1.82, 2.24) is 4.72 Å². The third-order valence-corrected chi connectivity index (χ3v) is 4.73. The van der Waals surface area contributed by atoms with Crippen LogP contribution in [0.2, 0.25) is 0 Å².